The molecule has 1 aromatic carbocycles. The van der Waals surface area contributed by atoms with E-state index in [0.29, 0.717) is 23.4 Å². The number of rotatable bonds is 1. The molecule has 10 atom stereocenters. The van der Waals surface area contributed by atoms with E-state index in [1.54, 1.807) is 33.6 Å². The predicted molar refractivity (Wildman–Crippen MR) is 92.3 cm³/mol. The molecule has 7 aliphatic rings. The van der Waals surface area contributed by atoms with Gasteiger partial charge in [-0.3, -0.25) is 0 Å². The summed E-state index contributed by atoms with van der Waals surface area (Å²) in [6.07, 6.45) is 2.07. The average Bonchev–Trinajstić information content (AvgIpc) is 3.45. The summed E-state index contributed by atoms with van der Waals surface area (Å²) in [6.45, 7) is 0. The lowest BCUT2D eigenvalue weighted by atomic mass is 9.64. The molecule has 2 aromatic rings. The summed E-state index contributed by atoms with van der Waals surface area (Å²) >= 11 is 0. The zero-order chi connectivity index (χ0) is 18.0. The van der Waals surface area contributed by atoms with Gasteiger partial charge in [0.2, 0.25) is 0 Å². The fraction of sp³-hybridized carbons (Fsp3) is 0.500. The summed E-state index contributed by atoms with van der Waals surface area (Å²) in [5.41, 5.74) is -1.04. The molecule has 5 aliphatic carbocycles. The van der Waals surface area contributed by atoms with E-state index in [2.05, 4.69) is 0 Å². The quantitative estimate of drug-likeness (QED) is 0.680. The van der Waals surface area contributed by atoms with E-state index in [0.717, 1.165) is 0 Å². The fourth-order valence-electron chi connectivity index (χ4n) is 8.69. The lowest BCUT2D eigenvalue weighted by Crippen LogP contribution is -2.59. The van der Waals surface area contributed by atoms with Crippen molar-refractivity contribution in [2.75, 3.05) is 0 Å². The van der Waals surface area contributed by atoms with Crippen molar-refractivity contribution < 1.29 is 10.2 Å². The van der Waals surface area contributed by atoms with Crippen molar-refractivity contribution in [2.24, 2.45) is 34.5 Å². The summed E-state index contributed by atoms with van der Waals surface area (Å²) in [5, 5.41) is 21.9. The van der Waals surface area contributed by atoms with Gasteiger partial charge in [0.05, 0.1) is 30.0 Å². The van der Waals surface area contributed by atoms with Gasteiger partial charge in [-0.05, 0) is 35.8 Å². The minimum atomic E-state index is -0.664. The highest BCUT2D eigenvalue weighted by atomic mass is 16.3. The van der Waals surface area contributed by atoms with Gasteiger partial charge < -0.3 is 10.2 Å². The molecular weight excluding hydrogens is 346 g/mol. The number of aliphatic hydroxyl groups excluding tert-OH is 2. The van der Waals surface area contributed by atoms with Crippen LogP contribution in [0.5, 0.6) is 0 Å². The van der Waals surface area contributed by atoms with Crippen LogP contribution in [0.1, 0.15) is 12.1 Å². The fourth-order valence-corrected chi connectivity index (χ4v) is 8.69. The first-order chi connectivity index (χ1) is 13.1. The summed E-state index contributed by atoms with van der Waals surface area (Å²) in [4.78, 5) is 26.7. The van der Waals surface area contributed by atoms with Gasteiger partial charge in [-0.1, -0.05) is 30.4 Å². The minimum Gasteiger partial charge on any atom is -0.388 e. The van der Waals surface area contributed by atoms with E-state index in [1.165, 1.54) is 4.57 Å². The molecule has 2 aliphatic heterocycles. The summed E-state index contributed by atoms with van der Waals surface area (Å²) < 4.78 is 4.53. The molecule has 0 radical (unpaired) electrons. The largest absolute Gasteiger partial charge is 0.388 e. The maximum atomic E-state index is 13.4. The van der Waals surface area contributed by atoms with E-state index >= 15 is 0 Å². The zero-order valence-corrected chi connectivity index (χ0v) is 14.2. The molecule has 136 valence electrons. The molecule has 4 saturated carbocycles. The van der Waals surface area contributed by atoms with Crippen LogP contribution in [0.3, 0.4) is 0 Å². The Hall–Kier alpha value is -2.38. The number of aromatic nitrogens is 3. The number of para-hydroxylation sites is 1. The number of benzene rings is 1. The average molecular weight is 363 g/mol. The highest BCUT2D eigenvalue weighted by Gasteiger charge is 3.06. The summed E-state index contributed by atoms with van der Waals surface area (Å²) in [7, 11) is 0. The Balaban J connectivity index is 1.48. The van der Waals surface area contributed by atoms with Crippen LogP contribution in [-0.2, 0) is 0 Å². The normalized spacial score (nSPS) is 53.3. The maximum Gasteiger partial charge on any atom is 0.352 e. The van der Waals surface area contributed by atoms with Crippen molar-refractivity contribution in [3.8, 4) is 5.69 Å². The van der Waals surface area contributed by atoms with Crippen molar-refractivity contribution >= 4 is 0 Å². The number of nitrogens with zero attached hydrogens (tertiary/aromatic N) is 3. The van der Waals surface area contributed by atoms with E-state index in [-0.39, 0.29) is 29.4 Å². The zero-order valence-electron chi connectivity index (χ0n) is 14.2. The van der Waals surface area contributed by atoms with Crippen LogP contribution in [0.4, 0.5) is 0 Å². The third kappa shape index (κ3) is 0.953. The molecule has 7 nitrogen and oxygen atoms in total. The topological polar surface area (TPSA) is 89.4 Å². The smallest absolute Gasteiger partial charge is 0.352 e. The molecule has 2 N–H and O–H groups in total. The molecule has 0 saturated heterocycles. The van der Waals surface area contributed by atoms with Crippen LogP contribution in [0.25, 0.3) is 5.69 Å². The highest BCUT2D eigenvalue weighted by molar-refractivity contribution is 5.54. The lowest BCUT2D eigenvalue weighted by molar-refractivity contribution is -0.0942. The predicted octanol–water partition coefficient (Wildman–Crippen LogP) is -0.320. The third-order valence-corrected chi connectivity index (χ3v) is 8.98. The summed E-state index contributed by atoms with van der Waals surface area (Å²) in [5.74, 6) is 1.37. The van der Waals surface area contributed by atoms with E-state index in [1.807, 2.05) is 18.2 Å². The molecule has 9 rings (SSSR count). The molecule has 2 spiro atoms. The van der Waals surface area contributed by atoms with Gasteiger partial charge in [0.25, 0.3) is 0 Å². The Bertz CT molecular complexity index is 1150. The second kappa shape index (κ2) is 3.52. The van der Waals surface area contributed by atoms with Crippen LogP contribution in [0, 0.1) is 34.5 Å². The number of hydrogen-bond donors (Lipinski definition) is 2. The van der Waals surface area contributed by atoms with Gasteiger partial charge in [-0.25, -0.2) is 23.5 Å². The van der Waals surface area contributed by atoms with Crippen molar-refractivity contribution in [3.63, 3.8) is 0 Å². The van der Waals surface area contributed by atoms with E-state index in [4.69, 9.17) is 0 Å². The Labute approximate surface area is 152 Å². The standard InChI is InChI=1S/C20H17N3O4/c24-9-6-7-10(25)20-14-11-12-13(11)16(20)23-18(27)21(8-4-2-1-3-5-8)17(26)22(23)15(12)19(9,14)20/h1-7,9-16,24-25H/t9-,10+,11?,12?,13?,14?,15?,16?,19?,20?. The van der Waals surface area contributed by atoms with Gasteiger partial charge in [0.1, 0.15) is 0 Å². The molecule has 7 heteroatoms. The molecule has 2 bridgehead atoms. The van der Waals surface area contributed by atoms with Crippen LogP contribution >= 0.6 is 0 Å². The van der Waals surface area contributed by atoms with Gasteiger partial charge in [0.15, 0.2) is 0 Å². The molecule has 3 heterocycles. The van der Waals surface area contributed by atoms with E-state index in [9.17, 15) is 19.8 Å². The van der Waals surface area contributed by atoms with Gasteiger partial charge >= 0.3 is 11.4 Å². The maximum absolute atomic E-state index is 13.4. The number of hydrogen-bond acceptors (Lipinski definition) is 4. The first-order valence-corrected chi connectivity index (χ1v) is 9.65. The highest BCUT2D eigenvalue weighted by Crippen LogP contribution is 3.04. The second-order valence-corrected chi connectivity index (χ2v) is 9.17. The molecule has 4 fully saturated rings. The minimum absolute atomic E-state index is 0.192. The second-order valence-electron chi connectivity index (χ2n) is 9.17. The van der Waals surface area contributed by atoms with Crippen LogP contribution in [0.2, 0.25) is 0 Å². The number of aliphatic hydroxyl groups is 2. The van der Waals surface area contributed by atoms with E-state index < -0.39 is 23.0 Å². The Kier molecular flexibility index (Phi) is 1.79. The molecule has 27 heavy (non-hydrogen) atoms. The summed E-state index contributed by atoms with van der Waals surface area (Å²) in [6, 6.07) is 8.61. The van der Waals surface area contributed by atoms with Crippen LogP contribution < -0.4 is 11.4 Å². The molecule has 8 unspecified atom stereocenters. The van der Waals surface area contributed by atoms with Crippen LogP contribution in [-0.4, -0.2) is 36.4 Å². The monoisotopic (exact) mass is 363 g/mol. The Morgan fingerprint density at radius 3 is 1.81 bits per heavy atom. The van der Waals surface area contributed by atoms with Crippen LogP contribution in [0.15, 0.2) is 52.1 Å². The third-order valence-electron chi connectivity index (χ3n) is 8.98. The van der Waals surface area contributed by atoms with Gasteiger partial charge in [-0.15, -0.1) is 0 Å². The molecule has 0 amide bonds. The van der Waals surface area contributed by atoms with Crippen molar-refractivity contribution in [2.45, 2.75) is 24.3 Å². The Morgan fingerprint density at radius 1 is 0.778 bits per heavy atom. The first-order valence-electron chi connectivity index (χ1n) is 9.65. The van der Waals surface area contributed by atoms with Crippen molar-refractivity contribution in [1.29, 1.82) is 0 Å². The van der Waals surface area contributed by atoms with Crippen molar-refractivity contribution in [1.82, 2.24) is 13.9 Å². The molecule has 1 aromatic heterocycles. The first kappa shape index (κ1) is 13.7. The van der Waals surface area contributed by atoms with Crippen molar-refractivity contribution in [3.05, 3.63) is 63.5 Å². The SMILES string of the molecule is O=c1n(-c2ccccc2)c(=O)n2n1C1C3C4C3C3C15[C@H](O)C=C[C@H](O)C35C42. The van der Waals surface area contributed by atoms with Gasteiger partial charge in [-0.2, -0.15) is 0 Å². The Morgan fingerprint density at radius 2 is 1.30 bits per heavy atom. The van der Waals surface area contributed by atoms with Gasteiger partial charge in [0, 0.05) is 10.8 Å². The lowest BCUT2D eigenvalue weighted by Gasteiger charge is -2.51. The molecular formula is C20H17N3O4.